The molecular weight excluding hydrogens is 365 g/mol. The molecule has 0 spiro atoms. The number of alkyl halides is 4. The number of hydrogen-bond donors (Lipinski definition) is 1. The third-order valence-corrected chi connectivity index (χ3v) is 3.29. The van der Waals surface area contributed by atoms with Crippen LogP contribution in [0, 0.1) is 0 Å². The Hall–Kier alpha value is -0.370. The van der Waals surface area contributed by atoms with Crippen LogP contribution in [0.1, 0.15) is 5.56 Å². The Bertz CT molecular complexity index is 447. The van der Waals surface area contributed by atoms with Crippen molar-refractivity contribution in [3.8, 4) is 0 Å². The molecule has 1 atom stereocenters. The van der Waals surface area contributed by atoms with Gasteiger partial charge in [0.05, 0.1) is 6.61 Å². The predicted molar refractivity (Wildman–Crippen MR) is 72.6 cm³/mol. The van der Waals surface area contributed by atoms with Gasteiger partial charge in [-0.25, -0.2) is 8.78 Å². The maximum Gasteiger partial charge on any atom is 0.330 e. The topological polar surface area (TPSA) is 35.2 Å². The van der Waals surface area contributed by atoms with Crippen molar-refractivity contribution in [3.05, 3.63) is 33.3 Å². The van der Waals surface area contributed by atoms with E-state index in [4.69, 9.17) is 17.3 Å². The molecule has 0 aromatic heterocycles. The van der Waals surface area contributed by atoms with E-state index in [0.717, 1.165) is 10.0 Å². The van der Waals surface area contributed by atoms with Gasteiger partial charge >= 0.3 is 12.3 Å². The summed E-state index contributed by atoms with van der Waals surface area (Å²) in [6, 6.07) is 4.57. The van der Waals surface area contributed by atoms with Gasteiger partial charge in [-0.2, -0.15) is 8.78 Å². The second-order valence-electron chi connectivity index (χ2n) is 4.28. The normalized spacial score (nSPS) is 13.8. The summed E-state index contributed by atoms with van der Waals surface area (Å²) in [4.78, 5) is 0. The molecule has 0 radical (unpaired) electrons. The van der Waals surface area contributed by atoms with Crippen LogP contribution in [0.4, 0.5) is 17.6 Å². The van der Waals surface area contributed by atoms with Crippen molar-refractivity contribution in [2.24, 2.45) is 5.73 Å². The average Bonchev–Trinajstić information content (AvgIpc) is 2.32. The van der Waals surface area contributed by atoms with Crippen LogP contribution in [0.15, 0.2) is 22.7 Å². The molecular formula is C12H13BrClF4NO. The standard InChI is InChI=1S/C12H13BrClF4NO/c13-8-2-1-7(10(14)4-8)3-9(19)5-20-6-12(17,18)11(15)16/h1-2,4,9,11H,3,5-6,19H2. The first-order valence-corrected chi connectivity index (χ1v) is 6.82. The fraction of sp³-hybridized carbons (Fsp3) is 0.500. The summed E-state index contributed by atoms with van der Waals surface area (Å²) in [5, 5.41) is 0.479. The number of ether oxygens (including phenoxy) is 1. The van der Waals surface area contributed by atoms with Gasteiger partial charge in [-0.3, -0.25) is 0 Å². The molecule has 20 heavy (non-hydrogen) atoms. The van der Waals surface area contributed by atoms with Gasteiger partial charge in [0.2, 0.25) is 0 Å². The van der Waals surface area contributed by atoms with Crippen molar-refractivity contribution in [1.29, 1.82) is 0 Å². The predicted octanol–water partition coefficient (Wildman–Crippen LogP) is 3.89. The fourth-order valence-corrected chi connectivity index (χ4v) is 2.19. The third-order valence-electron chi connectivity index (χ3n) is 2.44. The number of rotatable bonds is 7. The minimum absolute atomic E-state index is 0.255. The van der Waals surface area contributed by atoms with E-state index in [1.165, 1.54) is 0 Å². The Kier molecular flexibility index (Phi) is 6.71. The third kappa shape index (κ3) is 5.55. The van der Waals surface area contributed by atoms with Crippen molar-refractivity contribution in [1.82, 2.24) is 0 Å². The molecule has 0 saturated carbocycles. The van der Waals surface area contributed by atoms with E-state index in [0.29, 0.717) is 11.4 Å². The Morgan fingerprint density at radius 2 is 2.00 bits per heavy atom. The maximum absolute atomic E-state index is 12.6. The highest BCUT2D eigenvalue weighted by Gasteiger charge is 2.41. The summed E-state index contributed by atoms with van der Waals surface area (Å²) in [7, 11) is 0. The highest BCUT2D eigenvalue weighted by Crippen LogP contribution is 2.24. The smallest absolute Gasteiger partial charge is 0.330 e. The Labute approximate surface area is 127 Å². The lowest BCUT2D eigenvalue weighted by molar-refractivity contribution is -0.166. The fourth-order valence-electron chi connectivity index (χ4n) is 1.44. The zero-order valence-electron chi connectivity index (χ0n) is 10.3. The maximum atomic E-state index is 12.6. The summed E-state index contributed by atoms with van der Waals surface area (Å²) in [5.74, 6) is -4.16. The van der Waals surface area contributed by atoms with E-state index >= 15 is 0 Å². The summed E-state index contributed by atoms with van der Waals surface area (Å²) in [6.45, 7) is -1.61. The van der Waals surface area contributed by atoms with Crippen molar-refractivity contribution in [2.75, 3.05) is 13.2 Å². The molecule has 1 aromatic carbocycles. The van der Waals surface area contributed by atoms with E-state index in [-0.39, 0.29) is 6.61 Å². The number of halogens is 6. The van der Waals surface area contributed by atoms with E-state index in [2.05, 4.69) is 20.7 Å². The van der Waals surface area contributed by atoms with Gasteiger partial charge in [-0.15, -0.1) is 0 Å². The molecule has 1 aromatic rings. The summed E-state index contributed by atoms with van der Waals surface area (Å²) in [6.07, 6.45) is -3.45. The van der Waals surface area contributed by atoms with Crippen LogP contribution in [0.25, 0.3) is 0 Å². The SMILES string of the molecule is NC(COCC(F)(F)C(F)F)Cc1ccc(Br)cc1Cl. The molecule has 0 aliphatic heterocycles. The van der Waals surface area contributed by atoms with Gasteiger partial charge < -0.3 is 10.5 Å². The molecule has 0 amide bonds. The zero-order chi connectivity index (χ0) is 15.3. The highest BCUT2D eigenvalue weighted by molar-refractivity contribution is 9.10. The summed E-state index contributed by atoms with van der Waals surface area (Å²) >= 11 is 9.22. The Balaban J connectivity index is 2.42. The van der Waals surface area contributed by atoms with Crippen molar-refractivity contribution < 1.29 is 22.3 Å². The van der Waals surface area contributed by atoms with Gasteiger partial charge in [0, 0.05) is 15.5 Å². The molecule has 8 heteroatoms. The summed E-state index contributed by atoms with van der Waals surface area (Å²) in [5.41, 5.74) is 6.42. The quantitative estimate of drug-likeness (QED) is 0.731. The number of hydrogen-bond acceptors (Lipinski definition) is 2. The molecule has 2 N–H and O–H groups in total. The van der Waals surface area contributed by atoms with Crippen molar-refractivity contribution in [2.45, 2.75) is 24.8 Å². The second kappa shape index (κ2) is 7.59. The van der Waals surface area contributed by atoms with Crippen LogP contribution in [0.5, 0.6) is 0 Å². The molecule has 1 rings (SSSR count). The lowest BCUT2D eigenvalue weighted by Crippen LogP contribution is -2.36. The van der Waals surface area contributed by atoms with Crippen LogP contribution in [-0.4, -0.2) is 31.6 Å². The van der Waals surface area contributed by atoms with Crippen LogP contribution in [0.2, 0.25) is 5.02 Å². The van der Waals surface area contributed by atoms with Crippen molar-refractivity contribution >= 4 is 27.5 Å². The molecule has 2 nitrogen and oxygen atoms in total. The number of benzene rings is 1. The van der Waals surface area contributed by atoms with Gasteiger partial charge in [0.1, 0.15) is 6.61 Å². The zero-order valence-corrected chi connectivity index (χ0v) is 12.6. The molecule has 114 valence electrons. The lowest BCUT2D eigenvalue weighted by Gasteiger charge is -2.18. The van der Waals surface area contributed by atoms with E-state index in [9.17, 15) is 17.6 Å². The first kappa shape index (κ1) is 17.7. The second-order valence-corrected chi connectivity index (χ2v) is 5.60. The van der Waals surface area contributed by atoms with Gasteiger partial charge in [0.25, 0.3) is 0 Å². The minimum atomic E-state index is -4.16. The molecule has 0 saturated heterocycles. The molecule has 1 unspecified atom stereocenters. The van der Waals surface area contributed by atoms with Crippen molar-refractivity contribution in [3.63, 3.8) is 0 Å². The first-order chi connectivity index (χ1) is 9.22. The lowest BCUT2D eigenvalue weighted by atomic mass is 10.1. The van der Waals surface area contributed by atoms with Crippen LogP contribution in [-0.2, 0) is 11.2 Å². The van der Waals surface area contributed by atoms with Gasteiger partial charge in [0.15, 0.2) is 0 Å². The largest absolute Gasteiger partial charge is 0.373 e. The number of nitrogens with two attached hydrogens (primary N) is 1. The molecule has 0 bridgehead atoms. The van der Waals surface area contributed by atoms with Gasteiger partial charge in [-0.1, -0.05) is 33.6 Å². The van der Waals surface area contributed by atoms with Gasteiger partial charge in [-0.05, 0) is 24.1 Å². The Morgan fingerprint density at radius 3 is 2.55 bits per heavy atom. The van der Waals surface area contributed by atoms with E-state index < -0.39 is 25.0 Å². The monoisotopic (exact) mass is 377 g/mol. The van der Waals surface area contributed by atoms with Crippen LogP contribution < -0.4 is 5.73 Å². The highest BCUT2D eigenvalue weighted by atomic mass is 79.9. The molecule has 0 heterocycles. The van der Waals surface area contributed by atoms with Crippen LogP contribution in [0.3, 0.4) is 0 Å². The average molecular weight is 379 g/mol. The molecule has 0 aliphatic rings. The summed E-state index contributed by atoms with van der Waals surface area (Å²) < 4.78 is 54.3. The minimum Gasteiger partial charge on any atom is -0.373 e. The van der Waals surface area contributed by atoms with Crippen LogP contribution >= 0.6 is 27.5 Å². The van der Waals surface area contributed by atoms with E-state index in [1.807, 2.05) is 0 Å². The molecule has 0 fully saturated rings. The molecule has 0 aliphatic carbocycles. The van der Waals surface area contributed by atoms with E-state index in [1.54, 1.807) is 18.2 Å². The first-order valence-electron chi connectivity index (χ1n) is 5.65. The Morgan fingerprint density at radius 1 is 1.35 bits per heavy atom.